The van der Waals surface area contributed by atoms with E-state index in [1.165, 1.54) is 10.7 Å². The standard InChI is InChI=1S/C22H25F2N7O3/c1-25-18-10-17(27-15-4-3-7-30(21(15)33)12-8-13(9-12)34-2)29-19-14(11-26-31(18)19)20(32)28-16-5-6-22(16,23)24/h3-4,7,10-13,16,25H,5-6,8-9H2,1-2H3,(H,27,29)(H,28,32). The summed E-state index contributed by atoms with van der Waals surface area (Å²) in [6.07, 6.45) is 4.69. The average Bonchev–Trinajstić information content (AvgIpc) is 3.22. The molecule has 12 heteroatoms. The van der Waals surface area contributed by atoms with Gasteiger partial charge in [0.15, 0.2) is 5.65 Å². The molecule has 2 aliphatic carbocycles. The molecular formula is C22H25F2N7O3. The second-order valence-electron chi connectivity index (χ2n) is 8.64. The van der Waals surface area contributed by atoms with E-state index in [0.29, 0.717) is 17.3 Å². The van der Waals surface area contributed by atoms with Gasteiger partial charge in [-0.15, -0.1) is 0 Å². The number of ether oxygens (including phenoxy) is 1. The van der Waals surface area contributed by atoms with E-state index in [4.69, 9.17) is 4.74 Å². The molecule has 0 bridgehead atoms. The lowest BCUT2D eigenvalue weighted by Gasteiger charge is -2.36. The van der Waals surface area contributed by atoms with E-state index in [1.807, 2.05) is 0 Å². The number of methoxy groups -OCH3 is 1. The maximum Gasteiger partial charge on any atom is 0.274 e. The molecule has 0 aliphatic heterocycles. The molecular weight excluding hydrogens is 448 g/mol. The lowest BCUT2D eigenvalue weighted by molar-refractivity contribution is -0.102. The number of aromatic nitrogens is 4. The van der Waals surface area contributed by atoms with Crippen molar-refractivity contribution in [3.05, 3.63) is 46.5 Å². The smallest absolute Gasteiger partial charge is 0.274 e. The Kier molecular flexibility index (Phi) is 5.47. The van der Waals surface area contributed by atoms with Crippen molar-refractivity contribution in [2.45, 2.75) is 49.8 Å². The molecule has 34 heavy (non-hydrogen) atoms. The quantitative estimate of drug-likeness (QED) is 0.483. The van der Waals surface area contributed by atoms with Gasteiger partial charge >= 0.3 is 0 Å². The van der Waals surface area contributed by atoms with Gasteiger partial charge in [0.1, 0.15) is 22.9 Å². The van der Waals surface area contributed by atoms with Gasteiger partial charge in [-0.2, -0.15) is 9.61 Å². The molecule has 0 saturated heterocycles. The number of halogens is 2. The first-order valence-electron chi connectivity index (χ1n) is 11.1. The van der Waals surface area contributed by atoms with Crippen molar-refractivity contribution in [1.82, 2.24) is 24.5 Å². The Morgan fingerprint density at radius 1 is 1.32 bits per heavy atom. The lowest BCUT2D eigenvalue weighted by Crippen LogP contribution is -2.55. The van der Waals surface area contributed by atoms with Crippen LogP contribution < -0.4 is 21.5 Å². The van der Waals surface area contributed by atoms with Gasteiger partial charge in [-0.3, -0.25) is 9.59 Å². The Bertz CT molecular complexity index is 1300. The van der Waals surface area contributed by atoms with Crippen molar-refractivity contribution in [3.8, 4) is 0 Å². The number of carbonyl (C=O) groups is 1. The van der Waals surface area contributed by atoms with Crippen LogP contribution in [0.4, 0.5) is 26.1 Å². The lowest BCUT2D eigenvalue weighted by atomic mass is 9.88. The molecule has 2 saturated carbocycles. The largest absolute Gasteiger partial charge is 0.381 e. The fraction of sp³-hybridized carbons (Fsp3) is 0.455. The van der Waals surface area contributed by atoms with Crippen molar-refractivity contribution in [3.63, 3.8) is 0 Å². The third kappa shape index (κ3) is 3.77. The number of rotatable bonds is 7. The summed E-state index contributed by atoms with van der Waals surface area (Å²) in [5.41, 5.74) is 0.358. The summed E-state index contributed by atoms with van der Waals surface area (Å²) < 4.78 is 35.7. The SMILES string of the molecule is CNc1cc(Nc2cccn(C3CC(OC)C3)c2=O)nc2c(C(=O)NC3CCC3(F)F)cnn12. The van der Waals surface area contributed by atoms with Gasteiger partial charge in [-0.05, 0) is 31.4 Å². The van der Waals surface area contributed by atoms with E-state index >= 15 is 0 Å². The number of nitrogens with one attached hydrogen (secondary N) is 3. The molecule has 180 valence electrons. The van der Waals surface area contributed by atoms with Gasteiger partial charge in [-0.25, -0.2) is 13.8 Å². The summed E-state index contributed by atoms with van der Waals surface area (Å²) in [4.78, 5) is 30.2. The number of amides is 1. The van der Waals surface area contributed by atoms with E-state index in [-0.39, 0.29) is 41.8 Å². The predicted octanol–water partition coefficient (Wildman–Crippen LogP) is 2.55. The number of nitrogens with zero attached hydrogens (tertiary/aromatic N) is 4. The first-order chi connectivity index (χ1) is 16.3. The highest BCUT2D eigenvalue weighted by molar-refractivity contribution is 6.00. The minimum absolute atomic E-state index is 0.0633. The number of fused-ring (bicyclic) bond motifs is 1. The monoisotopic (exact) mass is 473 g/mol. The summed E-state index contributed by atoms with van der Waals surface area (Å²) >= 11 is 0. The van der Waals surface area contributed by atoms with Gasteiger partial charge in [0.2, 0.25) is 0 Å². The highest BCUT2D eigenvalue weighted by Gasteiger charge is 2.49. The molecule has 1 atom stereocenters. The Balaban J connectivity index is 1.44. The van der Waals surface area contributed by atoms with E-state index in [9.17, 15) is 18.4 Å². The van der Waals surface area contributed by atoms with Crippen LogP contribution in [0.15, 0.2) is 35.4 Å². The van der Waals surface area contributed by atoms with Gasteiger partial charge < -0.3 is 25.3 Å². The summed E-state index contributed by atoms with van der Waals surface area (Å²) in [6.45, 7) is 0. The molecule has 2 aliphatic rings. The van der Waals surface area contributed by atoms with Crippen LogP contribution in [0.2, 0.25) is 0 Å². The van der Waals surface area contributed by atoms with Gasteiger partial charge in [0.25, 0.3) is 17.4 Å². The van der Waals surface area contributed by atoms with E-state index in [1.54, 1.807) is 43.1 Å². The van der Waals surface area contributed by atoms with E-state index < -0.39 is 17.9 Å². The number of anilines is 3. The molecule has 3 heterocycles. The molecule has 5 rings (SSSR count). The minimum Gasteiger partial charge on any atom is -0.381 e. The summed E-state index contributed by atoms with van der Waals surface area (Å²) in [6, 6.07) is 3.93. The molecule has 3 aromatic heterocycles. The second kappa shape index (κ2) is 8.35. The van der Waals surface area contributed by atoms with Crippen molar-refractivity contribution in [2.24, 2.45) is 0 Å². The number of alkyl halides is 2. The molecule has 1 amide bonds. The summed E-state index contributed by atoms with van der Waals surface area (Å²) in [5, 5.41) is 12.5. The van der Waals surface area contributed by atoms with Crippen LogP contribution in [0, 0.1) is 0 Å². The van der Waals surface area contributed by atoms with Crippen molar-refractivity contribution < 1.29 is 18.3 Å². The fourth-order valence-electron chi connectivity index (χ4n) is 4.27. The second-order valence-corrected chi connectivity index (χ2v) is 8.64. The van der Waals surface area contributed by atoms with Crippen LogP contribution in [0.25, 0.3) is 5.65 Å². The number of carbonyl (C=O) groups excluding carboxylic acids is 1. The highest BCUT2D eigenvalue weighted by atomic mass is 19.3. The highest BCUT2D eigenvalue weighted by Crippen LogP contribution is 2.38. The first-order valence-corrected chi connectivity index (χ1v) is 11.1. The number of hydrogen-bond acceptors (Lipinski definition) is 7. The predicted molar refractivity (Wildman–Crippen MR) is 121 cm³/mol. The van der Waals surface area contributed by atoms with Gasteiger partial charge in [-0.1, -0.05) is 0 Å². The summed E-state index contributed by atoms with van der Waals surface area (Å²) in [5.74, 6) is -2.78. The normalized spacial score (nSPS) is 23.1. The van der Waals surface area contributed by atoms with Crippen molar-refractivity contribution in [2.75, 3.05) is 24.8 Å². The van der Waals surface area contributed by atoms with E-state index in [0.717, 1.165) is 12.8 Å². The Hall–Kier alpha value is -3.54. The zero-order valence-corrected chi connectivity index (χ0v) is 18.7. The van der Waals surface area contributed by atoms with Gasteiger partial charge in [0.05, 0.1) is 18.3 Å². The van der Waals surface area contributed by atoms with Crippen LogP contribution in [-0.4, -0.2) is 57.3 Å². The topological polar surface area (TPSA) is 115 Å². The molecule has 1 unspecified atom stereocenters. The van der Waals surface area contributed by atoms with Crippen LogP contribution in [0.5, 0.6) is 0 Å². The number of pyridine rings is 1. The third-order valence-corrected chi connectivity index (χ3v) is 6.59. The molecule has 3 N–H and O–H groups in total. The van der Waals surface area contributed by atoms with Crippen LogP contribution >= 0.6 is 0 Å². The Morgan fingerprint density at radius 2 is 2.12 bits per heavy atom. The van der Waals surface area contributed by atoms with Crippen LogP contribution in [0.3, 0.4) is 0 Å². The Morgan fingerprint density at radius 3 is 2.76 bits per heavy atom. The Labute approximate surface area is 193 Å². The summed E-state index contributed by atoms with van der Waals surface area (Å²) in [7, 11) is 3.33. The van der Waals surface area contributed by atoms with Gasteiger partial charge in [0, 0.05) is 38.9 Å². The zero-order valence-electron chi connectivity index (χ0n) is 18.7. The third-order valence-electron chi connectivity index (χ3n) is 6.59. The molecule has 2 fully saturated rings. The zero-order chi connectivity index (χ0) is 24.0. The molecule has 0 aromatic carbocycles. The van der Waals surface area contributed by atoms with Crippen LogP contribution in [-0.2, 0) is 4.74 Å². The average molecular weight is 473 g/mol. The fourth-order valence-corrected chi connectivity index (χ4v) is 4.27. The van der Waals surface area contributed by atoms with E-state index in [2.05, 4.69) is 26.0 Å². The molecule has 10 nitrogen and oxygen atoms in total. The minimum atomic E-state index is -2.91. The van der Waals surface area contributed by atoms with Crippen molar-refractivity contribution >= 4 is 28.9 Å². The molecule has 0 spiro atoms. The first kappa shape index (κ1) is 22.3. The number of hydrogen-bond donors (Lipinski definition) is 3. The van der Waals surface area contributed by atoms with Crippen molar-refractivity contribution in [1.29, 1.82) is 0 Å². The molecule has 0 radical (unpaired) electrons. The maximum atomic E-state index is 13.6. The maximum absolute atomic E-state index is 13.6. The molecule has 3 aromatic rings. The van der Waals surface area contributed by atoms with Crippen LogP contribution in [0.1, 0.15) is 42.1 Å².